The summed E-state index contributed by atoms with van der Waals surface area (Å²) >= 11 is 0. The number of amides is 1. The maximum atomic E-state index is 12.7. The molecule has 1 aromatic heterocycles. The predicted molar refractivity (Wildman–Crippen MR) is 150 cm³/mol. The highest BCUT2D eigenvalue weighted by molar-refractivity contribution is 5.78. The quantitative estimate of drug-likeness (QED) is 0.343. The van der Waals surface area contributed by atoms with Gasteiger partial charge in [-0.25, -0.2) is 0 Å². The third kappa shape index (κ3) is 7.90. The monoisotopic (exact) mass is 518 g/mol. The Balaban J connectivity index is 1.17. The van der Waals surface area contributed by atoms with E-state index >= 15 is 0 Å². The minimum absolute atomic E-state index is 0.0635. The van der Waals surface area contributed by atoms with Crippen LogP contribution in [0.2, 0.25) is 0 Å². The van der Waals surface area contributed by atoms with E-state index in [1.807, 2.05) is 26.0 Å². The standard InChI is InChI=1S/C31H42N4O3/c1-22(2)37-27-10-6-8-23(20-27)9-7-17-32-30(36)25-15-18-35(19-16-25)21-28-33-29(34-38-28)24-11-13-26(14-12-24)31(3,4)5/h6,8,10-14,20,22,25H,7,9,15-19,21H2,1-5H3,(H,32,36). The smallest absolute Gasteiger partial charge is 0.241 e. The van der Waals surface area contributed by atoms with Gasteiger partial charge in [-0.15, -0.1) is 0 Å². The Hall–Kier alpha value is -3.19. The lowest BCUT2D eigenvalue weighted by Gasteiger charge is -2.30. The van der Waals surface area contributed by atoms with Crippen LogP contribution in [0.1, 0.15) is 70.9 Å². The summed E-state index contributed by atoms with van der Waals surface area (Å²) in [7, 11) is 0. The number of hydrogen-bond acceptors (Lipinski definition) is 6. The van der Waals surface area contributed by atoms with E-state index in [1.54, 1.807) is 0 Å². The molecule has 3 aromatic rings. The van der Waals surface area contributed by atoms with E-state index < -0.39 is 0 Å². The van der Waals surface area contributed by atoms with Crippen molar-refractivity contribution < 1.29 is 14.1 Å². The van der Waals surface area contributed by atoms with Crippen LogP contribution in [0.4, 0.5) is 0 Å². The van der Waals surface area contributed by atoms with E-state index in [0.717, 1.165) is 50.1 Å². The highest BCUT2D eigenvalue weighted by Crippen LogP contribution is 2.25. The summed E-state index contributed by atoms with van der Waals surface area (Å²) in [5, 5.41) is 7.32. The Bertz CT molecular complexity index is 1170. The minimum Gasteiger partial charge on any atom is -0.491 e. The molecule has 4 rings (SSSR count). The fourth-order valence-corrected chi connectivity index (χ4v) is 4.80. The Labute approximate surface area is 227 Å². The summed E-state index contributed by atoms with van der Waals surface area (Å²) in [6.07, 6.45) is 3.68. The summed E-state index contributed by atoms with van der Waals surface area (Å²) < 4.78 is 11.3. The van der Waals surface area contributed by atoms with Gasteiger partial charge in [-0.05, 0) is 81.3 Å². The van der Waals surface area contributed by atoms with Gasteiger partial charge in [-0.1, -0.05) is 62.3 Å². The Morgan fingerprint density at radius 2 is 1.87 bits per heavy atom. The number of nitrogens with zero attached hydrogens (tertiary/aromatic N) is 3. The molecule has 204 valence electrons. The van der Waals surface area contributed by atoms with E-state index in [4.69, 9.17) is 9.26 Å². The van der Waals surface area contributed by atoms with Crippen LogP contribution in [0.25, 0.3) is 11.4 Å². The first kappa shape index (κ1) is 27.8. The molecule has 0 saturated carbocycles. The summed E-state index contributed by atoms with van der Waals surface area (Å²) in [6.45, 7) is 13.7. The van der Waals surface area contributed by atoms with Crippen LogP contribution < -0.4 is 10.1 Å². The molecule has 0 bridgehead atoms. The fourth-order valence-electron chi connectivity index (χ4n) is 4.80. The van der Waals surface area contributed by atoms with Crippen LogP contribution in [0.15, 0.2) is 53.1 Å². The molecule has 0 radical (unpaired) electrons. The molecule has 0 unspecified atom stereocenters. The second-order valence-corrected chi connectivity index (χ2v) is 11.6. The molecule has 38 heavy (non-hydrogen) atoms. The van der Waals surface area contributed by atoms with Crippen molar-refractivity contribution in [1.82, 2.24) is 20.4 Å². The van der Waals surface area contributed by atoms with Gasteiger partial charge < -0.3 is 14.6 Å². The lowest BCUT2D eigenvalue weighted by Crippen LogP contribution is -2.40. The van der Waals surface area contributed by atoms with Gasteiger partial charge in [-0.3, -0.25) is 9.69 Å². The highest BCUT2D eigenvalue weighted by atomic mass is 16.5. The topological polar surface area (TPSA) is 80.5 Å². The van der Waals surface area contributed by atoms with Gasteiger partial charge in [0.2, 0.25) is 17.6 Å². The molecule has 2 heterocycles. The third-order valence-electron chi connectivity index (χ3n) is 7.01. The number of nitrogens with one attached hydrogen (secondary N) is 1. The SMILES string of the molecule is CC(C)Oc1cccc(CCCNC(=O)C2CCN(Cc3nc(-c4ccc(C(C)(C)C)cc4)no3)CC2)c1. The number of piperidine rings is 1. The number of ether oxygens (including phenoxy) is 1. The van der Waals surface area contributed by atoms with Crippen molar-refractivity contribution in [2.45, 2.75) is 78.4 Å². The summed E-state index contributed by atoms with van der Waals surface area (Å²) in [6, 6.07) is 16.6. The summed E-state index contributed by atoms with van der Waals surface area (Å²) in [4.78, 5) is 19.6. The second-order valence-electron chi connectivity index (χ2n) is 11.6. The molecule has 1 aliphatic rings. The lowest BCUT2D eigenvalue weighted by molar-refractivity contribution is -0.126. The molecule has 1 amide bonds. The molecule has 0 aliphatic carbocycles. The minimum atomic E-state index is 0.0635. The first-order valence-corrected chi connectivity index (χ1v) is 13.9. The molecule has 0 spiro atoms. The van der Waals surface area contributed by atoms with Crippen LogP contribution >= 0.6 is 0 Å². The van der Waals surface area contributed by atoms with Crippen molar-refractivity contribution in [2.24, 2.45) is 5.92 Å². The first-order chi connectivity index (χ1) is 18.2. The average Bonchev–Trinajstić information content (AvgIpc) is 3.35. The zero-order chi connectivity index (χ0) is 27.1. The first-order valence-electron chi connectivity index (χ1n) is 13.9. The molecular weight excluding hydrogens is 476 g/mol. The molecule has 0 atom stereocenters. The van der Waals surface area contributed by atoms with Crippen molar-refractivity contribution in [3.8, 4) is 17.1 Å². The molecule has 1 N–H and O–H groups in total. The lowest BCUT2D eigenvalue weighted by atomic mass is 9.87. The fraction of sp³-hybridized carbons (Fsp3) is 0.516. The zero-order valence-corrected chi connectivity index (χ0v) is 23.5. The van der Waals surface area contributed by atoms with Gasteiger partial charge >= 0.3 is 0 Å². The van der Waals surface area contributed by atoms with Gasteiger partial charge in [0.1, 0.15) is 5.75 Å². The largest absolute Gasteiger partial charge is 0.491 e. The van der Waals surface area contributed by atoms with Gasteiger partial charge in [0.25, 0.3) is 0 Å². The van der Waals surface area contributed by atoms with Gasteiger partial charge in [0.15, 0.2) is 0 Å². The predicted octanol–water partition coefficient (Wildman–Crippen LogP) is 5.78. The number of aromatic nitrogens is 2. The van der Waals surface area contributed by atoms with Crippen LogP contribution in [-0.2, 0) is 23.2 Å². The van der Waals surface area contributed by atoms with Crippen LogP contribution in [0.3, 0.4) is 0 Å². The Morgan fingerprint density at radius 1 is 1.13 bits per heavy atom. The van der Waals surface area contributed by atoms with Crippen LogP contribution in [-0.4, -0.2) is 46.7 Å². The van der Waals surface area contributed by atoms with Crippen molar-refractivity contribution >= 4 is 5.91 Å². The number of benzene rings is 2. The van der Waals surface area contributed by atoms with Crippen molar-refractivity contribution in [3.05, 3.63) is 65.5 Å². The number of likely N-dealkylation sites (tertiary alicyclic amines) is 1. The van der Waals surface area contributed by atoms with Gasteiger partial charge in [0.05, 0.1) is 12.6 Å². The summed E-state index contributed by atoms with van der Waals surface area (Å²) in [5.74, 6) is 2.37. The number of rotatable bonds is 10. The molecule has 7 heteroatoms. The highest BCUT2D eigenvalue weighted by Gasteiger charge is 2.26. The Kier molecular flexibility index (Phi) is 9.21. The second kappa shape index (κ2) is 12.6. The molecule has 1 fully saturated rings. The van der Waals surface area contributed by atoms with Crippen LogP contribution in [0.5, 0.6) is 5.75 Å². The summed E-state index contributed by atoms with van der Waals surface area (Å²) in [5.41, 5.74) is 3.58. The number of aryl methyl sites for hydroxylation is 1. The van der Waals surface area contributed by atoms with Crippen molar-refractivity contribution in [2.75, 3.05) is 19.6 Å². The van der Waals surface area contributed by atoms with E-state index in [-0.39, 0.29) is 23.3 Å². The molecule has 2 aromatic carbocycles. The van der Waals surface area contributed by atoms with Crippen LogP contribution in [0, 0.1) is 5.92 Å². The number of hydrogen-bond donors (Lipinski definition) is 1. The normalized spacial score (nSPS) is 15.1. The number of carbonyl (C=O) groups is 1. The van der Waals surface area contributed by atoms with Gasteiger partial charge in [0, 0.05) is 18.0 Å². The Morgan fingerprint density at radius 3 is 2.55 bits per heavy atom. The molecule has 1 aliphatic heterocycles. The van der Waals surface area contributed by atoms with E-state index in [2.05, 4.69) is 77.5 Å². The molecule has 1 saturated heterocycles. The van der Waals surface area contributed by atoms with E-state index in [9.17, 15) is 4.79 Å². The van der Waals surface area contributed by atoms with Crippen molar-refractivity contribution in [1.29, 1.82) is 0 Å². The maximum Gasteiger partial charge on any atom is 0.241 e. The van der Waals surface area contributed by atoms with E-state index in [0.29, 0.717) is 24.8 Å². The zero-order valence-electron chi connectivity index (χ0n) is 23.5. The molecule has 7 nitrogen and oxygen atoms in total. The molecular formula is C31H42N4O3. The third-order valence-corrected chi connectivity index (χ3v) is 7.01. The maximum absolute atomic E-state index is 12.7. The van der Waals surface area contributed by atoms with Crippen molar-refractivity contribution in [3.63, 3.8) is 0 Å². The van der Waals surface area contributed by atoms with E-state index in [1.165, 1.54) is 11.1 Å². The van der Waals surface area contributed by atoms with Gasteiger partial charge in [-0.2, -0.15) is 4.98 Å². The number of carbonyl (C=O) groups excluding carboxylic acids is 1. The average molecular weight is 519 g/mol.